The van der Waals surface area contributed by atoms with Crippen molar-refractivity contribution >= 4 is 28.9 Å². The van der Waals surface area contributed by atoms with E-state index in [0.717, 1.165) is 11.3 Å². The summed E-state index contributed by atoms with van der Waals surface area (Å²) in [5, 5.41) is 15.0. The molecule has 1 aliphatic rings. The third-order valence-corrected chi connectivity index (χ3v) is 5.98. The van der Waals surface area contributed by atoms with E-state index in [4.69, 9.17) is 21.0 Å². The number of anilines is 2. The van der Waals surface area contributed by atoms with Crippen LogP contribution in [0.4, 0.5) is 11.4 Å². The van der Waals surface area contributed by atoms with Crippen LogP contribution in [0.25, 0.3) is 11.3 Å². The van der Waals surface area contributed by atoms with Crippen molar-refractivity contribution in [1.82, 2.24) is 10.1 Å². The summed E-state index contributed by atoms with van der Waals surface area (Å²) in [5.41, 5.74) is 3.18. The average Bonchev–Trinajstić information content (AvgIpc) is 3.19. The van der Waals surface area contributed by atoms with Crippen molar-refractivity contribution in [3.63, 3.8) is 0 Å². The Morgan fingerprint density at radius 3 is 2.66 bits per heavy atom. The molecule has 32 heavy (non-hydrogen) atoms. The van der Waals surface area contributed by atoms with Crippen molar-refractivity contribution in [3.05, 3.63) is 64.9 Å². The Labute approximate surface area is 191 Å². The molecule has 2 heterocycles. The predicted octanol–water partition coefficient (Wildman–Crippen LogP) is 4.41. The summed E-state index contributed by atoms with van der Waals surface area (Å²) in [6.07, 6.45) is 0. The number of carbonyl (C=O) groups excluding carboxylic acids is 1. The van der Waals surface area contributed by atoms with Crippen LogP contribution in [0.3, 0.4) is 0 Å². The fraction of sp³-hybridized carbons (Fsp3) is 0.304. The number of aromatic nitrogens is 1. The van der Waals surface area contributed by atoms with E-state index in [-0.39, 0.29) is 11.9 Å². The lowest BCUT2D eigenvalue weighted by Gasteiger charge is -2.41. The molecule has 3 aromatic rings. The quantitative estimate of drug-likeness (QED) is 0.569. The second-order valence-electron chi connectivity index (χ2n) is 7.71. The first-order valence-electron chi connectivity index (χ1n) is 10.3. The number of halogens is 1. The molecule has 0 spiro atoms. The van der Waals surface area contributed by atoms with Gasteiger partial charge in [0.1, 0.15) is 17.0 Å². The lowest BCUT2D eigenvalue weighted by atomic mass is 10.0. The minimum atomic E-state index is -0.0905. The number of aryl methyl sites for hydroxylation is 1. The zero-order valence-electron chi connectivity index (χ0n) is 18.2. The Bertz CT molecular complexity index is 1100. The van der Waals surface area contributed by atoms with Gasteiger partial charge < -0.3 is 14.3 Å². The van der Waals surface area contributed by atoms with Crippen LogP contribution in [-0.4, -0.2) is 54.0 Å². The lowest BCUT2D eigenvalue weighted by Crippen LogP contribution is -2.54. The normalized spacial score (nSPS) is 16.3. The molecule has 1 amide bonds. The Morgan fingerprint density at radius 2 is 2.00 bits per heavy atom. The van der Waals surface area contributed by atoms with Crippen LogP contribution in [0, 0.1) is 6.92 Å². The number of rotatable bonds is 5. The molecule has 1 N–H and O–H groups in total. The molecule has 9 heteroatoms. The highest BCUT2D eigenvalue weighted by Crippen LogP contribution is 2.33. The fourth-order valence-corrected chi connectivity index (χ4v) is 4.31. The molecule has 1 unspecified atom stereocenters. The van der Waals surface area contributed by atoms with Crippen LogP contribution < -0.4 is 10.1 Å². The first-order valence-corrected chi connectivity index (χ1v) is 10.7. The SMILES string of the molecule is CON(O)c1ccc(N2CCN(C(=O)c3c(-c4ccccc4)noc3C)C(C)C2)c(Cl)c1. The van der Waals surface area contributed by atoms with Gasteiger partial charge >= 0.3 is 0 Å². The van der Waals surface area contributed by atoms with E-state index in [2.05, 4.69) is 10.1 Å². The van der Waals surface area contributed by atoms with Gasteiger partial charge in [-0.1, -0.05) is 47.1 Å². The molecular formula is C23H25ClN4O4. The summed E-state index contributed by atoms with van der Waals surface area (Å²) in [4.78, 5) is 22.2. The highest BCUT2D eigenvalue weighted by Gasteiger charge is 2.33. The maximum atomic E-state index is 13.5. The topological polar surface area (TPSA) is 82.3 Å². The molecule has 8 nitrogen and oxygen atoms in total. The van der Waals surface area contributed by atoms with Crippen LogP contribution in [0.1, 0.15) is 23.0 Å². The van der Waals surface area contributed by atoms with Gasteiger partial charge in [0.05, 0.1) is 23.5 Å². The minimum absolute atomic E-state index is 0.0572. The summed E-state index contributed by atoms with van der Waals surface area (Å²) in [7, 11) is 1.36. The summed E-state index contributed by atoms with van der Waals surface area (Å²) < 4.78 is 5.38. The maximum Gasteiger partial charge on any atom is 0.260 e. The van der Waals surface area contributed by atoms with Crippen molar-refractivity contribution in [1.29, 1.82) is 0 Å². The largest absolute Gasteiger partial charge is 0.366 e. The lowest BCUT2D eigenvalue weighted by molar-refractivity contribution is -0.0109. The first kappa shape index (κ1) is 22.1. The van der Waals surface area contributed by atoms with E-state index in [1.54, 1.807) is 19.1 Å². The Hall–Kier alpha value is -3.07. The number of nitrogens with zero attached hydrogens (tertiary/aromatic N) is 4. The summed E-state index contributed by atoms with van der Waals surface area (Å²) >= 11 is 6.46. The van der Waals surface area contributed by atoms with Gasteiger partial charge in [0.15, 0.2) is 0 Å². The third kappa shape index (κ3) is 4.17. The molecule has 1 fully saturated rings. The number of hydrogen-bond donors (Lipinski definition) is 1. The zero-order valence-corrected chi connectivity index (χ0v) is 18.9. The van der Waals surface area contributed by atoms with Gasteiger partial charge in [0.25, 0.3) is 5.91 Å². The highest BCUT2D eigenvalue weighted by atomic mass is 35.5. The van der Waals surface area contributed by atoms with Crippen molar-refractivity contribution in [2.45, 2.75) is 19.9 Å². The van der Waals surface area contributed by atoms with E-state index < -0.39 is 0 Å². The molecule has 4 rings (SSSR count). The van der Waals surface area contributed by atoms with Crippen molar-refractivity contribution in [2.75, 3.05) is 36.9 Å². The Kier molecular flexibility index (Phi) is 6.36. The summed E-state index contributed by atoms with van der Waals surface area (Å²) in [5.74, 6) is 0.418. The molecule has 0 aliphatic carbocycles. The highest BCUT2D eigenvalue weighted by molar-refractivity contribution is 6.33. The van der Waals surface area contributed by atoms with E-state index in [1.165, 1.54) is 7.11 Å². The van der Waals surface area contributed by atoms with Gasteiger partial charge in [-0.15, -0.1) is 5.23 Å². The predicted molar refractivity (Wildman–Crippen MR) is 122 cm³/mol. The van der Waals surface area contributed by atoms with Gasteiger partial charge in [-0.05, 0) is 32.0 Å². The van der Waals surface area contributed by atoms with Crippen LogP contribution in [-0.2, 0) is 4.84 Å². The van der Waals surface area contributed by atoms with Gasteiger partial charge in [-0.2, -0.15) is 0 Å². The zero-order chi connectivity index (χ0) is 22.8. The maximum absolute atomic E-state index is 13.5. The smallest absolute Gasteiger partial charge is 0.260 e. The fourth-order valence-electron chi connectivity index (χ4n) is 4.02. The van der Waals surface area contributed by atoms with Crippen molar-refractivity contribution in [2.24, 2.45) is 0 Å². The Morgan fingerprint density at radius 1 is 1.25 bits per heavy atom. The summed E-state index contributed by atoms with van der Waals surface area (Å²) in [6.45, 7) is 5.54. The number of piperazine rings is 1. The second-order valence-corrected chi connectivity index (χ2v) is 8.12. The molecule has 1 atom stereocenters. The number of carbonyl (C=O) groups is 1. The monoisotopic (exact) mass is 456 g/mol. The minimum Gasteiger partial charge on any atom is -0.366 e. The molecule has 0 radical (unpaired) electrons. The molecular weight excluding hydrogens is 432 g/mol. The molecule has 168 valence electrons. The molecule has 1 aliphatic heterocycles. The van der Waals surface area contributed by atoms with E-state index in [1.807, 2.05) is 48.2 Å². The van der Waals surface area contributed by atoms with E-state index in [0.29, 0.717) is 52.6 Å². The number of hydrogen-bond acceptors (Lipinski definition) is 7. The average molecular weight is 457 g/mol. The molecule has 0 bridgehead atoms. The first-order chi connectivity index (χ1) is 15.4. The standard InChI is InChI=1S/C23H25ClN4O4/c1-15-14-26(20-10-9-18(13-19(20)24)28(30)31-3)11-12-27(15)23(29)21-16(2)32-25-22(21)17-7-5-4-6-8-17/h4-10,13,15,30H,11-12,14H2,1-3H3. The van der Waals surface area contributed by atoms with E-state index >= 15 is 0 Å². The van der Waals surface area contributed by atoms with Crippen molar-refractivity contribution < 1.29 is 19.4 Å². The third-order valence-electron chi connectivity index (χ3n) is 5.68. The van der Waals surface area contributed by atoms with Gasteiger partial charge in [-0.25, -0.2) is 0 Å². The van der Waals surface area contributed by atoms with Gasteiger partial charge in [-0.3, -0.25) is 14.8 Å². The van der Waals surface area contributed by atoms with E-state index in [9.17, 15) is 10.0 Å². The van der Waals surface area contributed by atoms with Gasteiger partial charge in [0.2, 0.25) is 0 Å². The van der Waals surface area contributed by atoms with Crippen LogP contribution in [0.2, 0.25) is 5.02 Å². The molecule has 0 saturated carbocycles. The number of amides is 1. The van der Waals surface area contributed by atoms with Crippen LogP contribution >= 0.6 is 11.6 Å². The van der Waals surface area contributed by atoms with Crippen LogP contribution in [0.15, 0.2) is 53.1 Å². The van der Waals surface area contributed by atoms with Crippen LogP contribution in [0.5, 0.6) is 0 Å². The molecule has 1 aromatic heterocycles. The summed E-state index contributed by atoms with van der Waals surface area (Å²) in [6, 6.07) is 14.7. The second kappa shape index (κ2) is 9.20. The van der Waals surface area contributed by atoms with Gasteiger partial charge in [0, 0.05) is 31.2 Å². The molecule has 2 aromatic carbocycles. The number of benzene rings is 2. The molecule has 1 saturated heterocycles. The van der Waals surface area contributed by atoms with Crippen molar-refractivity contribution in [3.8, 4) is 11.3 Å². The Balaban J connectivity index is 1.53.